The van der Waals surface area contributed by atoms with Gasteiger partial charge in [0.1, 0.15) is 29.8 Å². The summed E-state index contributed by atoms with van der Waals surface area (Å²) >= 11 is 0. The minimum Gasteiger partial charge on any atom is -0.457 e. The van der Waals surface area contributed by atoms with Crippen molar-refractivity contribution in [1.29, 1.82) is 0 Å². The standard InChI is InChI=1S/C45H40N6O/c1-45(2,3)30-21-22-46-44(24-30)51-38-17-8-7-16-35(38)36-20-19-34(26-39(36)51)52-33-15-11-14-32(25-33)50-29-49(31-12-5-4-6-13-31)42-28-40-37(27-41(42)50)47-43-18-9-10-23-48(40)43/h4-8,11-17,19-22,24-28H,9-10,18,23,29H2,1-3H3. The van der Waals surface area contributed by atoms with Gasteiger partial charge in [0.05, 0.1) is 33.4 Å². The first-order valence-electron chi connectivity index (χ1n) is 18.3. The fraction of sp³-hybridized carbons (Fsp3) is 0.200. The molecule has 2 aliphatic heterocycles. The summed E-state index contributed by atoms with van der Waals surface area (Å²) in [5.41, 5.74) is 10.3. The zero-order valence-corrected chi connectivity index (χ0v) is 29.8. The zero-order valence-electron chi connectivity index (χ0n) is 29.8. The average Bonchev–Trinajstić information content (AvgIpc) is 3.83. The van der Waals surface area contributed by atoms with Gasteiger partial charge in [-0.3, -0.25) is 4.57 Å². The number of aryl methyl sites for hydroxylation is 2. The summed E-state index contributed by atoms with van der Waals surface area (Å²) in [6, 6.07) is 43.0. The Morgan fingerprint density at radius 3 is 2.29 bits per heavy atom. The van der Waals surface area contributed by atoms with Crippen molar-refractivity contribution < 1.29 is 4.74 Å². The Hall–Kier alpha value is -6.08. The third-order valence-corrected chi connectivity index (χ3v) is 10.7. The molecule has 0 saturated heterocycles. The van der Waals surface area contributed by atoms with Gasteiger partial charge in [-0.15, -0.1) is 0 Å². The van der Waals surface area contributed by atoms with Crippen LogP contribution in [0.1, 0.15) is 45.0 Å². The summed E-state index contributed by atoms with van der Waals surface area (Å²) in [6.07, 6.45) is 5.36. The maximum absolute atomic E-state index is 6.69. The highest BCUT2D eigenvalue weighted by atomic mass is 16.5. The summed E-state index contributed by atoms with van der Waals surface area (Å²) in [4.78, 5) is 14.7. The van der Waals surface area contributed by atoms with Gasteiger partial charge in [-0.2, -0.15) is 0 Å². The molecule has 256 valence electrons. The third-order valence-electron chi connectivity index (χ3n) is 10.7. The van der Waals surface area contributed by atoms with Crippen LogP contribution in [0.5, 0.6) is 11.5 Å². The molecule has 0 saturated carbocycles. The van der Waals surface area contributed by atoms with E-state index in [2.05, 4.69) is 155 Å². The lowest BCUT2D eigenvalue weighted by Crippen LogP contribution is -2.23. The summed E-state index contributed by atoms with van der Waals surface area (Å²) in [6.45, 7) is 8.44. The molecule has 0 radical (unpaired) electrons. The Kier molecular flexibility index (Phi) is 6.93. The quantitative estimate of drug-likeness (QED) is 0.181. The van der Waals surface area contributed by atoms with Crippen LogP contribution in [0.2, 0.25) is 0 Å². The van der Waals surface area contributed by atoms with Crippen LogP contribution in [0, 0.1) is 0 Å². The first kappa shape index (κ1) is 30.7. The van der Waals surface area contributed by atoms with Crippen molar-refractivity contribution in [3.05, 3.63) is 139 Å². The second kappa shape index (κ2) is 11.7. The van der Waals surface area contributed by atoms with Crippen LogP contribution in [-0.2, 0) is 18.4 Å². The predicted molar refractivity (Wildman–Crippen MR) is 212 cm³/mol. The van der Waals surface area contributed by atoms with Crippen molar-refractivity contribution in [2.75, 3.05) is 16.5 Å². The lowest BCUT2D eigenvalue weighted by molar-refractivity contribution is 0.483. The van der Waals surface area contributed by atoms with Gasteiger partial charge in [-0.1, -0.05) is 63.2 Å². The third kappa shape index (κ3) is 5.02. The van der Waals surface area contributed by atoms with E-state index in [1.54, 1.807) is 0 Å². The first-order chi connectivity index (χ1) is 25.4. The number of imidazole rings is 1. The van der Waals surface area contributed by atoms with E-state index in [4.69, 9.17) is 14.7 Å². The fourth-order valence-corrected chi connectivity index (χ4v) is 8.09. The lowest BCUT2D eigenvalue weighted by atomic mass is 9.88. The minimum absolute atomic E-state index is 0.00774. The van der Waals surface area contributed by atoms with Crippen molar-refractivity contribution in [2.45, 2.75) is 52.0 Å². The Morgan fingerprint density at radius 2 is 1.40 bits per heavy atom. The van der Waals surface area contributed by atoms with Gasteiger partial charge in [-0.25, -0.2) is 9.97 Å². The molecule has 0 aliphatic carbocycles. The molecule has 0 atom stereocenters. The van der Waals surface area contributed by atoms with Crippen molar-refractivity contribution in [1.82, 2.24) is 19.1 Å². The second-order valence-electron chi connectivity index (χ2n) is 15.1. The molecule has 52 heavy (non-hydrogen) atoms. The summed E-state index contributed by atoms with van der Waals surface area (Å²) < 4.78 is 11.4. The summed E-state index contributed by atoms with van der Waals surface area (Å²) in [7, 11) is 0. The largest absolute Gasteiger partial charge is 0.457 e. The average molecular weight is 681 g/mol. The Balaban J connectivity index is 1.04. The van der Waals surface area contributed by atoms with Crippen LogP contribution in [-0.4, -0.2) is 25.8 Å². The number of hydrogen-bond donors (Lipinski definition) is 0. The van der Waals surface area contributed by atoms with E-state index in [0.717, 1.165) is 58.2 Å². The Labute approximate surface area is 303 Å². The Bertz CT molecular complexity index is 2650. The monoisotopic (exact) mass is 680 g/mol. The molecule has 2 aliphatic rings. The molecule has 7 heteroatoms. The number of anilines is 4. The summed E-state index contributed by atoms with van der Waals surface area (Å²) in [5.74, 6) is 3.66. The van der Waals surface area contributed by atoms with Crippen LogP contribution in [0.25, 0.3) is 38.7 Å². The van der Waals surface area contributed by atoms with Gasteiger partial charge in [0, 0.05) is 53.4 Å². The molecular weight excluding hydrogens is 641 g/mol. The van der Waals surface area contributed by atoms with Crippen molar-refractivity contribution in [3.63, 3.8) is 0 Å². The molecule has 0 bridgehead atoms. The molecule has 7 nitrogen and oxygen atoms in total. The van der Waals surface area contributed by atoms with Crippen LogP contribution < -0.4 is 14.5 Å². The van der Waals surface area contributed by atoms with Gasteiger partial charge in [-0.05, 0) is 90.6 Å². The van der Waals surface area contributed by atoms with E-state index in [1.165, 1.54) is 51.9 Å². The number of para-hydroxylation sites is 2. The zero-order chi connectivity index (χ0) is 35.0. The highest BCUT2D eigenvalue weighted by molar-refractivity contribution is 6.09. The van der Waals surface area contributed by atoms with E-state index < -0.39 is 0 Å². The van der Waals surface area contributed by atoms with E-state index in [9.17, 15) is 0 Å². The van der Waals surface area contributed by atoms with E-state index in [1.807, 2.05) is 12.3 Å². The molecule has 0 unspecified atom stereocenters. The number of aromatic nitrogens is 4. The van der Waals surface area contributed by atoms with Crippen molar-refractivity contribution in [3.8, 4) is 17.3 Å². The van der Waals surface area contributed by atoms with Crippen LogP contribution >= 0.6 is 0 Å². The van der Waals surface area contributed by atoms with Crippen LogP contribution in [0.4, 0.5) is 22.7 Å². The van der Waals surface area contributed by atoms with Gasteiger partial charge in [0.2, 0.25) is 0 Å². The number of benzene rings is 5. The number of hydrogen-bond acceptors (Lipinski definition) is 5. The molecule has 0 amide bonds. The molecule has 5 heterocycles. The molecule has 10 rings (SSSR count). The molecule has 0 fully saturated rings. The van der Waals surface area contributed by atoms with Crippen molar-refractivity contribution >= 4 is 55.6 Å². The maximum Gasteiger partial charge on any atom is 0.137 e. The molecule has 0 N–H and O–H groups in total. The smallest absolute Gasteiger partial charge is 0.137 e. The highest BCUT2D eigenvalue weighted by Crippen LogP contribution is 2.47. The van der Waals surface area contributed by atoms with Gasteiger partial charge < -0.3 is 19.1 Å². The molecule has 3 aromatic heterocycles. The fourth-order valence-electron chi connectivity index (χ4n) is 8.09. The molecule has 8 aromatic rings. The van der Waals surface area contributed by atoms with E-state index in [0.29, 0.717) is 6.67 Å². The number of pyridine rings is 1. The maximum atomic E-state index is 6.69. The topological polar surface area (TPSA) is 51.4 Å². The van der Waals surface area contributed by atoms with Gasteiger partial charge >= 0.3 is 0 Å². The lowest BCUT2D eigenvalue weighted by Gasteiger charge is -2.22. The number of ether oxygens (including phenoxy) is 1. The number of rotatable bonds is 5. The normalized spacial score (nSPS) is 14.4. The SMILES string of the molecule is CC(C)(C)c1ccnc(-n2c3ccccc3c3ccc(Oc4cccc(N5CN(c6ccccc6)c6cc7c(cc65)nc5n7CCCC5)c4)cc32)c1. The van der Waals surface area contributed by atoms with Crippen LogP contribution in [0.3, 0.4) is 0 Å². The van der Waals surface area contributed by atoms with Gasteiger partial charge in [0.15, 0.2) is 0 Å². The highest BCUT2D eigenvalue weighted by Gasteiger charge is 2.30. The van der Waals surface area contributed by atoms with Crippen LogP contribution in [0.15, 0.2) is 128 Å². The van der Waals surface area contributed by atoms with Crippen molar-refractivity contribution in [2.24, 2.45) is 0 Å². The Morgan fingerprint density at radius 1 is 0.635 bits per heavy atom. The number of nitrogens with zero attached hydrogens (tertiary/aromatic N) is 6. The molecule has 5 aromatic carbocycles. The minimum atomic E-state index is 0.00774. The van der Waals surface area contributed by atoms with Gasteiger partial charge in [0.25, 0.3) is 0 Å². The molecule has 0 spiro atoms. The predicted octanol–water partition coefficient (Wildman–Crippen LogP) is 11.2. The molecular formula is C45H40N6O. The van der Waals surface area contributed by atoms with E-state index >= 15 is 0 Å². The second-order valence-corrected chi connectivity index (χ2v) is 15.1. The number of fused-ring (bicyclic) bond motifs is 7. The summed E-state index contributed by atoms with van der Waals surface area (Å²) in [5, 5.41) is 2.36. The van der Waals surface area contributed by atoms with E-state index in [-0.39, 0.29) is 5.41 Å². The first-order valence-corrected chi connectivity index (χ1v) is 18.3.